The number of ether oxygens (including phenoxy) is 1. The topological polar surface area (TPSA) is 35.0 Å². The van der Waals surface area contributed by atoms with Crippen LogP contribution < -0.4 is 0 Å². The second-order valence-electron chi connectivity index (χ2n) is 1.65. The first-order valence-corrected chi connectivity index (χ1v) is 3.69. The third-order valence-corrected chi connectivity index (χ3v) is 0.920. The van der Waals surface area contributed by atoms with E-state index in [4.69, 9.17) is 4.74 Å². The monoisotopic (exact) mass is 154 g/mol. The van der Waals surface area contributed by atoms with Crippen molar-refractivity contribution >= 4 is 0 Å². The molecular formula is C8H14N2O. The van der Waals surface area contributed by atoms with Crippen molar-refractivity contribution in [3.63, 3.8) is 0 Å². The van der Waals surface area contributed by atoms with Crippen LogP contribution >= 0.6 is 0 Å². The predicted molar refractivity (Wildman–Crippen MR) is 44.1 cm³/mol. The Kier molecular flexibility index (Phi) is 6.53. The van der Waals surface area contributed by atoms with Crippen molar-refractivity contribution in [3.05, 3.63) is 24.0 Å². The molecule has 1 rings (SSSR count). The fourth-order valence-electron chi connectivity index (χ4n) is 0.558. The van der Waals surface area contributed by atoms with Gasteiger partial charge in [0, 0.05) is 13.3 Å². The first kappa shape index (κ1) is 10.0. The zero-order valence-electron chi connectivity index (χ0n) is 7.24. The summed E-state index contributed by atoms with van der Waals surface area (Å²) in [5.74, 6) is 0. The summed E-state index contributed by atoms with van der Waals surface area (Å²) in [6, 6.07) is 3.71. The number of methoxy groups -OCH3 is 1. The molecule has 62 valence electrons. The fraction of sp³-hybridized carbons (Fsp3) is 0.500. The van der Waals surface area contributed by atoms with Gasteiger partial charge in [0.05, 0.1) is 12.3 Å². The molecule has 0 bridgehead atoms. The number of hydrogen-bond donors (Lipinski definition) is 0. The third-order valence-electron chi connectivity index (χ3n) is 0.920. The lowest BCUT2D eigenvalue weighted by Gasteiger charge is -1.93. The summed E-state index contributed by atoms with van der Waals surface area (Å²) in [5.41, 5.74) is 0.861. The average molecular weight is 154 g/mol. The Balaban J connectivity index is 0.000000461. The van der Waals surface area contributed by atoms with Crippen LogP contribution in [0.1, 0.15) is 19.5 Å². The molecule has 1 aromatic rings. The highest BCUT2D eigenvalue weighted by molar-refractivity contribution is 4.96. The summed E-state index contributed by atoms with van der Waals surface area (Å²) in [5, 5.41) is 7.47. The van der Waals surface area contributed by atoms with E-state index in [-0.39, 0.29) is 0 Å². The molecule has 11 heavy (non-hydrogen) atoms. The standard InChI is InChI=1S/C6H8N2O.C2H6/c1-9-5-6-3-2-4-7-8-6;1-2/h2-4H,5H2,1H3;1-2H3. The van der Waals surface area contributed by atoms with Crippen molar-refractivity contribution in [3.8, 4) is 0 Å². The lowest BCUT2D eigenvalue weighted by atomic mass is 10.4. The molecule has 0 aliphatic rings. The zero-order valence-corrected chi connectivity index (χ0v) is 7.24. The molecule has 0 N–H and O–H groups in total. The van der Waals surface area contributed by atoms with Gasteiger partial charge in [0.15, 0.2) is 0 Å². The van der Waals surface area contributed by atoms with E-state index in [1.54, 1.807) is 13.3 Å². The van der Waals surface area contributed by atoms with Crippen LogP contribution in [0, 0.1) is 0 Å². The molecule has 0 atom stereocenters. The fourth-order valence-corrected chi connectivity index (χ4v) is 0.558. The summed E-state index contributed by atoms with van der Waals surface area (Å²) in [6.45, 7) is 4.54. The Morgan fingerprint density at radius 1 is 1.45 bits per heavy atom. The maximum atomic E-state index is 4.83. The lowest BCUT2D eigenvalue weighted by molar-refractivity contribution is 0.180. The molecule has 0 unspecified atom stereocenters. The molecule has 0 fully saturated rings. The van der Waals surface area contributed by atoms with E-state index in [1.165, 1.54) is 0 Å². The molecular weight excluding hydrogens is 140 g/mol. The summed E-state index contributed by atoms with van der Waals surface area (Å²) >= 11 is 0. The molecule has 0 radical (unpaired) electrons. The van der Waals surface area contributed by atoms with E-state index in [1.807, 2.05) is 26.0 Å². The molecule has 0 spiro atoms. The summed E-state index contributed by atoms with van der Waals surface area (Å²) in [6.07, 6.45) is 1.64. The minimum atomic E-state index is 0.536. The number of rotatable bonds is 2. The summed E-state index contributed by atoms with van der Waals surface area (Å²) in [4.78, 5) is 0. The van der Waals surface area contributed by atoms with Gasteiger partial charge in [-0.2, -0.15) is 10.2 Å². The summed E-state index contributed by atoms with van der Waals surface area (Å²) < 4.78 is 4.83. The Labute approximate surface area is 67.4 Å². The van der Waals surface area contributed by atoms with Crippen LogP contribution in [-0.4, -0.2) is 17.3 Å². The highest BCUT2D eigenvalue weighted by Gasteiger charge is 1.87. The molecule has 0 aliphatic heterocycles. The molecule has 0 amide bonds. The first-order valence-electron chi connectivity index (χ1n) is 3.69. The minimum absolute atomic E-state index is 0.536. The first-order chi connectivity index (χ1) is 5.43. The predicted octanol–water partition coefficient (Wildman–Crippen LogP) is 1.65. The molecule has 0 saturated heterocycles. The van der Waals surface area contributed by atoms with E-state index in [0.717, 1.165) is 5.69 Å². The second kappa shape index (κ2) is 7.15. The normalized spacial score (nSPS) is 8.27. The average Bonchev–Trinajstić information content (AvgIpc) is 2.11. The Bertz CT molecular complexity index is 165. The third kappa shape index (κ3) is 4.44. The molecule has 1 aromatic heterocycles. The van der Waals surface area contributed by atoms with Crippen LogP contribution in [-0.2, 0) is 11.3 Å². The van der Waals surface area contributed by atoms with Crippen molar-refractivity contribution in [1.82, 2.24) is 10.2 Å². The Morgan fingerprint density at radius 3 is 2.64 bits per heavy atom. The zero-order chi connectivity index (χ0) is 8.53. The lowest BCUT2D eigenvalue weighted by Crippen LogP contribution is -1.92. The second-order valence-corrected chi connectivity index (χ2v) is 1.65. The van der Waals surface area contributed by atoms with Gasteiger partial charge in [0.1, 0.15) is 0 Å². The summed E-state index contributed by atoms with van der Waals surface area (Å²) in [7, 11) is 1.63. The van der Waals surface area contributed by atoms with Gasteiger partial charge in [-0.05, 0) is 12.1 Å². The van der Waals surface area contributed by atoms with Crippen LogP contribution in [0.2, 0.25) is 0 Å². The number of nitrogens with zero attached hydrogens (tertiary/aromatic N) is 2. The maximum Gasteiger partial charge on any atom is 0.0902 e. The van der Waals surface area contributed by atoms with E-state index in [9.17, 15) is 0 Å². The highest BCUT2D eigenvalue weighted by atomic mass is 16.5. The SMILES string of the molecule is CC.COCc1cccnn1. The van der Waals surface area contributed by atoms with Gasteiger partial charge in [-0.15, -0.1) is 0 Å². The largest absolute Gasteiger partial charge is 0.378 e. The minimum Gasteiger partial charge on any atom is -0.378 e. The Morgan fingerprint density at radius 2 is 2.18 bits per heavy atom. The van der Waals surface area contributed by atoms with Gasteiger partial charge in [0.25, 0.3) is 0 Å². The molecule has 0 aromatic carbocycles. The van der Waals surface area contributed by atoms with Gasteiger partial charge in [-0.3, -0.25) is 0 Å². The molecule has 3 nitrogen and oxygen atoms in total. The maximum absolute atomic E-state index is 4.83. The van der Waals surface area contributed by atoms with Gasteiger partial charge >= 0.3 is 0 Å². The molecule has 0 saturated carbocycles. The van der Waals surface area contributed by atoms with Gasteiger partial charge in [-0.25, -0.2) is 0 Å². The number of hydrogen-bond acceptors (Lipinski definition) is 3. The van der Waals surface area contributed by atoms with Crippen LogP contribution in [0.15, 0.2) is 18.3 Å². The van der Waals surface area contributed by atoms with Crippen LogP contribution in [0.3, 0.4) is 0 Å². The number of aromatic nitrogens is 2. The van der Waals surface area contributed by atoms with Crippen molar-refractivity contribution in [1.29, 1.82) is 0 Å². The van der Waals surface area contributed by atoms with E-state index in [0.29, 0.717) is 6.61 Å². The van der Waals surface area contributed by atoms with Crippen molar-refractivity contribution in [2.45, 2.75) is 20.5 Å². The van der Waals surface area contributed by atoms with Gasteiger partial charge < -0.3 is 4.74 Å². The van der Waals surface area contributed by atoms with E-state index >= 15 is 0 Å². The Hall–Kier alpha value is -0.960. The van der Waals surface area contributed by atoms with Gasteiger partial charge in [0.2, 0.25) is 0 Å². The quantitative estimate of drug-likeness (QED) is 0.649. The smallest absolute Gasteiger partial charge is 0.0902 e. The van der Waals surface area contributed by atoms with Crippen LogP contribution in [0.5, 0.6) is 0 Å². The van der Waals surface area contributed by atoms with Crippen LogP contribution in [0.25, 0.3) is 0 Å². The van der Waals surface area contributed by atoms with Crippen molar-refractivity contribution < 1.29 is 4.74 Å². The highest BCUT2D eigenvalue weighted by Crippen LogP contribution is 1.90. The van der Waals surface area contributed by atoms with Crippen molar-refractivity contribution in [2.75, 3.05) is 7.11 Å². The van der Waals surface area contributed by atoms with Crippen molar-refractivity contribution in [2.24, 2.45) is 0 Å². The molecule has 1 heterocycles. The van der Waals surface area contributed by atoms with Gasteiger partial charge in [-0.1, -0.05) is 13.8 Å². The van der Waals surface area contributed by atoms with Crippen LogP contribution in [0.4, 0.5) is 0 Å². The molecule has 3 heteroatoms. The van der Waals surface area contributed by atoms with E-state index in [2.05, 4.69) is 10.2 Å². The molecule has 0 aliphatic carbocycles. The van der Waals surface area contributed by atoms with E-state index < -0.39 is 0 Å².